The molecule has 0 radical (unpaired) electrons. The van der Waals surface area contributed by atoms with Crippen LogP contribution in [0.4, 0.5) is 5.69 Å². The number of amides is 1. The van der Waals surface area contributed by atoms with Crippen molar-refractivity contribution >= 4 is 40.6 Å². The molecule has 0 aliphatic carbocycles. The number of Topliss-reactive ketones (excluding diaryl/α,β-unsaturated/α-hetero) is 1. The molecule has 0 saturated carbocycles. The van der Waals surface area contributed by atoms with Crippen LogP contribution in [-0.2, 0) is 4.79 Å². The predicted octanol–water partition coefficient (Wildman–Crippen LogP) is 3.69. The molecule has 2 aromatic rings. The minimum absolute atomic E-state index is 0.0262. The minimum atomic E-state index is -0.231. The van der Waals surface area contributed by atoms with Crippen LogP contribution >= 0.6 is 23.2 Å². The smallest absolute Gasteiger partial charge is 0.238 e. The number of rotatable bonds is 6. The molecule has 2 N–H and O–H groups in total. The van der Waals surface area contributed by atoms with Gasteiger partial charge in [-0.15, -0.1) is 0 Å². The summed E-state index contributed by atoms with van der Waals surface area (Å²) >= 11 is 11.8. The van der Waals surface area contributed by atoms with Gasteiger partial charge in [0, 0.05) is 22.6 Å². The Balaban J connectivity index is 1.90. The Hall–Kier alpha value is -1.82. The molecule has 0 fully saturated rings. The Kier molecular flexibility index (Phi) is 6.04. The van der Waals surface area contributed by atoms with E-state index in [-0.39, 0.29) is 24.8 Å². The number of aromatic nitrogens is 1. The van der Waals surface area contributed by atoms with E-state index >= 15 is 0 Å². The lowest BCUT2D eigenvalue weighted by atomic mass is 10.1. The molecular formula is C17H19Cl2N3O2. The molecule has 128 valence electrons. The van der Waals surface area contributed by atoms with Crippen LogP contribution < -0.4 is 5.32 Å². The molecular weight excluding hydrogens is 349 g/mol. The average molecular weight is 368 g/mol. The SMILES string of the molecule is Cc1cc(C(=O)CN(C)CC(=O)Nc2ccc(Cl)c(Cl)c2)c(C)[nH]1. The third-order valence-electron chi connectivity index (χ3n) is 3.48. The number of nitrogens with zero attached hydrogens (tertiary/aromatic N) is 1. The van der Waals surface area contributed by atoms with E-state index in [1.165, 1.54) is 0 Å². The molecule has 0 saturated heterocycles. The Morgan fingerprint density at radius 2 is 1.83 bits per heavy atom. The van der Waals surface area contributed by atoms with Crippen LogP contribution in [0.15, 0.2) is 24.3 Å². The van der Waals surface area contributed by atoms with E-state index in [4.69, 9.17) is 23.2 Å². The number of aryl methyl sites for hydroxylation is 2. The molecule has 1 heterocycles. The van der Waals surface area contributed by atoms with E-state index in [0.717, 1.165) is 11.4 Å². The van der Waals surface area contributed by atoms with Crippen LogP contribution in [0.5, 0.6) is 0 Å². The molecule has 0 bridgehead atoms. The summed E-state index contributed by atoms with van der Waals surface area (Å²) in [4.78, 5) is 29.1. The van der Waals surface area contributed by atoms with Gasteiger partial charge < -0.3 is 10.3 Å². The summed E-state index contributed by atoms with van der Waals surface area (Å²) in [7, 11) is 1.72. The average Bonchev–Trinajstić information content (AvgIpc) is 2.81. The van der Waals surface area contributed by atoms with E-state index in [1.54, 1.807) is 30.1 Å². The summed E-state index contributed by atoms with van der Waals surface area (Å²) in [5.74, 6) is -0.257. The Labute approximate surface area is 150 Å². The van der Waals surface area contributed by atoms with Crippen molar-refractivity contribution < 1.29 is 9.59 Å². The zero-order valence-electron chi connectivity index (χ0n) is 13.7. The highest BCUT2D eigenvalue weighted by molar-refractivity contribution is 6.42. The number of ketones is 1. The standard InChI is InChI=1S/C17H19Cl2N3O2/c1-10-6-13(11(2)20-10)16(23)8-22(3)9-17(24)21-12-4-5-14(18)15(19)7-12/h4-7,20H,8-9H2,1-3H3,(H,21,24). The largest absolute Gasteiger partial charge is 0.362 e. The van der Waals surface area contributed by atoms with Crippen LogP contribution in [0, 0.1) is 13.8 Å². The maximum atomic E-state index is 12.3. The molecule has 2 rings (SSSR count). The number of H-pyrrole nitrogens is 1. The number of halogens is 2. The van der Waals surface area contributed by atoms with Gasteiger partial charge in [-0.3, -0.25) is 14.5 Å². The molecule has 0 aliphatic heterocycles. The Morgan fingerprint density at radius 3 is 2.42 bits per heavy atom. The second-order valence-electron chi connectivity index (χ2n) is 5.76. The van der Waals surface area contributed by atoms with Gasteiger partial charge in [-0.05, 0) is 45.2 Å². The van der Waals surface area contributed by atoms with Gasteiger partial charge in [0.05, 0.1) is 23.1 Å². The number of benzene rings is 1. The highest BCUT2D eigenvalue weighted by atomic mass is 35.5. The van der Waals surface area contributed by atoms with E-state index in [0.29, 0.717) is 21.3 Å². The zero-order chi connectivity index (χ0) is 17.9. The molecule has 7 heteroatoms. The van der Waals surface area contributed by atoms with Gasteiger partial charge >= 0.3 is 0 Å². The number of nitrogens with one attached hydrogen (secondary N) is 2. The topological polar surface area (TPSA) is 65.2 Å². The fourth-order valence-corrected chi connectivity index (χ4v) is 2.72. The molecule has 0 aliphatic rings. The third kappa shape index (κ3) is 4.84. The quantitative estimate of drug-likeness (QED) is 0.765. The molecule has 24 heavy (non-hydrogen) atoms. The molecule has 5 nitrogen and oxygen atoms in total. The molecule has 1 amide bonds. The van der Waals surface area contributed by atoms with E-state index in [1.807, 2.05) is 19.9 Å². The van der Waals surface area contributed by atoms with Gasteiger partial charge in [0.1, 0.15) is 0 Å². The number of hydrogen-bond acceptors (Lipinski definition) is 3. The Morgan fingerprint density at radius 1 is 1.12 bits per heavy atom. The molecule has 0 spiro atoms. The summed E-state index contributed by atoms with van der Waals surface area (Å²) < 4.78 is 0. The zero-order valence-corrected chi connectivity index (χ0v) is 15.3. The second-order valence-corrected chi connectivity index (χ2v) is 6.58. The maximum absolute atomic E-state index is 12.3. The van der Waals surface area contributed by atoms with E-state index < -0.39 is 0 Å². The van der Waals surface area contributed by atoms with Gasteiger partial charge in [0.2, 0.25) is 5.91 Å². The van der Waals surface area contributed by atoms with Crippen molar-refractivity contribution in [2.75, 3.05) is 25.5 Å². The van der Waals surface area contributed by atoms with Crippen LogP contribution in [0.25, 0.3) is 0 Å². The summed E-state index contributed by atoms with van der Waals surface area (Å²) in [6.07, 6.45) is 0. The van der Waals surface area contributed by atoms with Crippen molar-refractivity contribution in [1.82, 2.24) is 9.88 Å². The first-order valence-corrected chi connectivity index (χ1v) is 8.14. The minimum Gasteiger partial charge on any atom is -0.362 e. The first-order valence-electron chi connectivity index (χ1n) is 7.39. The van der Waals surface area contributed by atoms with Gasteiger partial charge in [-0.2, -0.15) is 0 Å². The molecule has 1 aromatic carbocycles. The number of likely N-dealkylation sites (N-methyl/N-ethyl adjacent to an activating group) is 1. The number of carbonyl (C=O) groups excluding carboxylic acids is 2. The van der Waals surface area contributed by atoms with Crippen molar-refractivity contribution in [2.45, 2.75) is 13.8 Å². The lowest BCUT2D eigenvalue weighted by Gasteiger charge is -2.15. The fourth-order valence-electron chi connectivity index (χ4n) is 2.42. The number of carbonyl (C=O) groups is 2. The summed E-state index contributed by atoms with van der Waals surface area (Å²) in [6, 6.07) is 6.69. The van der Waals surface area contributed by atoms with Gasteiger partial charge in [0.15, 0.2) is 5.78 Å². The number of aromatic amines is 1. The van der Waals surface area contributed by atoms with Crippen molar-refractivity contribution in [3.8, 4) is 0 Å². The van der Waals surface area contributed by atoms with Crippen molar-refractivity contribution in [3.05, 3.63) is 51.3 Å². The summed E-state index contributed by atoms with van der Waals surface area (Å²) in [5.41, 5.74) is 3.00. The fraction of sp³-hybridized carbons (Fsp3) is 0.294. The number of hydrogen-bond donors (Lipinski definition) is 2. The maximum Gasteiger partial charge on any atom is 0.238 e. The van der Waals surface area contributed by atoms with E-state index in [9.17, 15) is 9.59 Å². The number of anilines is 1. The third-order valence-corrected chi connectivity index (χ3v) is 4.22. The lowest BCUT2D eigenvalue weighted by molar-refractivity contribution is -0.116. The van der Waals surface area contributed by atoms with Gasteiger partial charge in [0.25, 0.3) is 0 Å². The normalized spacial score (nSPS) is 10.9. The summed E-state index contributed by atoms with van der Waals surface area (Å²) in [5, 5.41) is 3.53. The molecule has 1 aromatic heterocycles. The van der Waals surface area contributed by atoms with Crippen molar-refractivity contribution in [3.63, 3.8) is 0 Å². The van der Waals surface area contributed by atoms with Crippen LogP contribution in [0.2, 0.25) is 10.0 Å². The van der Waals surface area contributed by atoms with Crippen LogP contribution in [0.1, 0.15) is 21.7 Å². The molecule has 0 atom stereocenters. The monoisotopic (exact) mass is 367 g/mol. The van der Waals surface area contributed by atoms with Crippen LogP contribution in [0.3, 0.4) is 0 Å². The summed E-state index contributed by atoms with van der Waals surface area (Å²) in [6.45, 7) is 4.01. The Bertz CT molecular complexity index is 771. The first kappa shape index (κ1) is 18.5. The lowest BCUT2D eigenvalue weighted by Crippen LogP contribution is -2.34. The highest BCUT2D eigenvalue weighted by Crippen LogP contribution is 2.24. The molecule has 0 unspecified atom stereocenters. The van der Waals surface area contributed by atoms with Crippen LogP contribution in [-0.4, -0.2) is 41.7 Å². The second kappa shape index (κ2) is 7.83. The predicted molar refractivity (Wildman–Crippen MR) is 97.2 cm³/mol. The highest BCUT2D eigenvalue weighted by Gasteiger charge is 2.15. The first-order chi connectivity index (χ1) is 11.3. The van der Waals surface area contributed by atoms with E-state index in [2.05, 4.69) is 10.3 Å². The van der Waals surface area contributed by atoms with Gasteiger partial charge in [-0.1, -0.05) is 23.2 Å². The van der Waals surface area contributed by atoms with Crippen molar-refractivity contribution in [1.29, 1.82) is 0 Å². The van der Waals surface area contributed by atoms with Gasteiger partial charge in [-0.25, -0.2) is 0 Å². The van der Waals surface area contributed by atoms with Crippen molar-refractivity contribution in [2.24, 2.45) is 0 Å².